The van der Waals surface area contributed by atoms with Gasteiger partial charge in [0.15, 0.2) is 0 Å². The van der Waals surface area contributed by atoms with Crippen LogP contribution in [-0.2, 0) is 0 Å². The third-order valence-corrected chi connectivity index (χ3v) is 4.07. The average molecular weight is 313 g/mol. The van der Waals surface area contributed by atoms with Crippen molar-refractivity contribution in [3.63, 3.8) is 0 Å². The van der Waals surface area contributed by atoms with Crippen molar-refractivity contribution in [1.29, 1.82) is 0 Å². The minimum atomic E-state index is -0.593. The van der Waals surface area contributed by atoms with Crippen LogP contribution in [0.5, 0.6) is 0 Å². The molecule has 1 aliphatic heterocycles. The molecule has 0 radical (unpaired) electrons. The number of likely N-dealkylation sites (tertiary alicyclic amines) is 1. The van der Waals surface area contributed by atoms with Crippen molar-refractivity contribution in [3.05, 3.63) is 38.9 Å². The summed E-state index contributed by atoms with van der Waals surface area (Å²) in [6.07, 6.45) is 3.11. The molecule has 1 saturated heterocycles. The molecule has 6 nitrogen and oxygen atoms in total. The SMILES string of the molecule is O=C(c1c(Cl)cccc1[N+](=O)[O-])N1CCCCC1CCO. The number of halogens is 1. The first-order chi connectivity index (χ1) is 10.1. The number of nitro groups is 1. The highest BCUT2D eigenvalue weighted by molar-refractivity contribution is 6.34. The van der Waals surface area contributed by atoms with Gasteiger partial charge in [-0.25, -0.2) is 0 Å². The number of nitro benzene ring substituents is 1. The zero-order valence-corrected chi connectivity index (χ0v) is 12.3. The van der Waals surface area contributed by atoms with Crippen LogP contribution in [0, 0.1) is 10.1 Å². The maximum atomic E-state index is 12.7. The molecular formula is C14H17ClN2O4. The summed E-state index contributed by atoms with van der Waals surface area (Å²) in [6.45, 7) is 0.519. The van der Waals surface area contributed by atoms with Crippen LogP contribution in [-0.4, -0.2) is 40.0 Å². The maximum absolute atomic E-state index is 12.7. The second kappa shape index (κ2) is 6.87. The van der Waals surface area contributed by atoms with Gasteiger partial charge in [0.25, 0.3) is 11.6 Å². The molecule has 0 aliphatic carbocycles. The van der Waals surface area contributed by atoms with E-state index in [0.717, 1.165) is 19.3 Å². The lowest BCUT2D eigenvalue weighted by molar-refractivity contribution is -0.385. The Bertz CT molecular complexity index is 548. The highest BCUT2D eigenvalue weighted by Gasteiger charge is 2.32. The Balaban J connectivity index is 2.36. The second-order valence-electron chi connectivity index (χ2n) is 5.05. The highest BCUT2D eigenvalue weighted by atomic mass is 35.5. The van der Waals surface area contributed by atoms with Gasteiger partial charge in [-0.2, -0.15) is 0 Å². The zero-order valence-electron chi connectivity index (χ0n) is 11.5. The largest absolute Gasteiger partial charge is 0.396 e. The second-order valence-corrected chi connectivity index (χ2v) is 5.46. The summed E-state index contributed by atoms with van der Waals surface area (Å²) in [4.78, 5) is 24.8. The van der Waals surface area contributed by atoms with Gasteiger partial charge in [0.05, 0.1) is 9.95 Å². The molecule has 1 heterocycles. The Labute approximate surface area is 127 Å². The minimum Gasteiger partial charge on any atom is -0.396 e. The van der Waals surface area contributed by atoms with Gasteiger partial charge in [0.2, 0.25) is 0 Å². The number of amides is 1. The normalized spacial score (nSPS) is 18.6. The topological polar surface area (TPSA) is 83.7 Å². The van der Waals surface area contributed by atoms with E-state index in [0.29, 0.717) is 13.0 Å². The van der Waals surface area contributed by atoms with E-state index < -0.39 is 10.8 Å². The van der Waals surface area contributed by atoms with Crippen LogP contribution in [0.25, 0.3) is 0 Å². The summed E-state index contributed by atoms with van der Waals surface area (Å²) in [5.74, 6) is -0.426. The van der Waals surface area contributed by atoms with Crippen molar-refractivity contribution < 1.29 is 14.8 Å². The Morgan fingerprint density at radius 2 is 2.24 bits per heavy atom. The molecule has 21 heavy (non-hydrogen) atoms. The van der Waals surface area contributed by atoms with Crippen molar-refractivity contribution >= 4 is 23.2 Å². The summed E-state index contributed by atoms with van der Waals surface area (Å²) < 4.78 is 0. The van der Waals surface area contributed by atoms with Crippen molar-refractivity contribution in [2.75, 3.05) is 13.2 Å². The van der Waals surface area contributed by atoms with E-state index in [-0.39, 0.29) is 28.9 Å². The fraction of sp³-hybridized carbons (Fsp3) is 0.500. The Hall–Kier alpha value is -1.66. The Morgan fingerprint density at radius 1 is 1.48 bits per heavy atom. The van der Waals surface area contributed by atoms with Gasteiger partial charge < -0.3 is 10.0 Å². The first kappa shape index (κ1) is 15.7. The van der Waals surface area contributed by atoms with E-state index in [9.17, 15) is 14.9 Å². The Kier molecular flexibility index (Phi) is 5.14. The fourth-order valence-electron chi connectivity index (χ4n) is 2.74. The molecule has 1 N–H and O–H groups in total. The molecule has 0 saturated carbocycles. The molecule has 0 spiro atoms. The lowest BCUT2D eigenvalue weighted by Crippen LogP contribution is -2.44. The van der Waals surface area contributed by atoms with Crippen LogP contribution in [0.3, 0.4) is 0 Å². The standard InChI is InChI=1S/C14H17ClN2O4/c15-11-5-3-6-12(17(20)21)13(11)14(19)16-8-2-1-4-10(16)7-9-18/h3,5-6,10,18H,1-2,4,7-9H2. The number of hydrogen-bond acceptors (Lipinski definition) is 4. The zero-order chi connectivity index (χ0) is 15.4. The Morgan fingerprint density at radius 3 is 2.90 bits per heavy atom. The number of piperidine rings is 1. The van der Waals surface area contributed by atoms with Crippen molar-refractivity contribution in [2.45, 2.75) is 31.7 Å². The average Bonchev–Trinajstić information content (AvgIpc) is 2.47. The summed E-state index contributed by atoms with van der Waals surface area (Å²) in [6, 6.07) is 4.13. The molecule has 1 unspecified atom stereocenters. The van der Waals surface area contributed by atoms with Crippen LogP contribution in [0.4, 0.5) is 5.69 Å². The quantitative estimate of drug-likeness (QED) is 0.684. The third kappa shape index (κ3) is 3.33. The van der Waals surface area contributed by atoms with Crippen molar-refractivity contribution in [2.24, 2.45) is 0 Å². The molecule has 1 atom stereocenters. The molecule has 1 amide bonds. The fourth-order valence-corrected chi connectivity index (χ4v) is 2.99. The first-order valence-corrected chi connectivity index (χ1v) is 7.28. The number of aliphatic hydroxyl groups is 1. The molecule has 1 aromatic rings. The van der Waals surface area contributed by atoms with E-state index >= 15 is 0 Å². The molecule has 114 valence electrons. The third-order valence-electron chi connectivity index (χ3n) is 3.75. The van der Waals surface area contributed by atoms with Gasteiger partial charge in [-0.1, -0.05) is 17.7 Å². The number of nitrogens with zero attached hydrogens (tertiary/aromatic N) is 2. The van der Waals surface area contributed by atoms with Gasteiger partial charge in [0.1, 0.15) is 5.56 Å². The molecule has 7 heteroatoms. The number of carbonyl (C=O) groups is 1. The van der Waals surface area contributed by atoms with Crippen molar-refractivity contribution in [3.8, 4) is 0 Å². The molecule has 1 aromatic carbocycles. The molecule has 0 bridgehead atoms. The minimum absolute atomic E-state index is 0.0148. The van der Waals surface area contributed by atoms with E-state index in [1.54, 1.807) is 4.90 Å². The van der Waals surface area contributed by atoms with Gasteiger partial charge in [-0.15, -0.1) is 0 Å². The van der Waals surface area contributed by atoms with Crippen LogP contribution in [0.15, 0.2) is 18.2 Å². The van der Waals surface area contributed by atoms with E-state index in [1.165, 1.54) is 18.2 Å². The van der Waals surface area contributed by atoms with Gasteiger partial charge in [-0.05, 0) is 31.7 Å². The van der Waals surface area contributed by atoms with Crippen LogP contribution < -0.4 is 0 Å². The summed E-state index contributed by atoms with van der Waals surface area (Å²) >= 11 is 6.01. The maximum Gasteiger partial charge on any atom is 0.283 e. The monoisotopic (exact) mass is 312 g/mol. The van der Waals surface area contributed by atoms with Gasteiger partial charge >= 0.3 is 0 Å². The molecular weight excluding hydrogens is 296 g/mol. The van der Waals surface area contributed by atoms with Crippen LogP contribution in [0.1, 0.15) is 36.0 Å². The lowest BCUT2D eigenvalue weighted by atomic mass is 9.98. The van der Waals surface area contributed by atoms with E-state index in [4.69, 9.17) is 16.7 Å². The predicted octanol–water partition coefficient (Wildman–Crippen LogP) is 2.63. The molecule has 1 aliphatic rings. The number of benzene rings is 1. The van der Waals surface area contributed by atoms with Gasteiger partial charge in [0, 0.05) is 25.3 Å². The van der Waals surface area contributed by atoms with Crippen LogP contribution in [0.2, 0.25) is 5.02 Å². The van der Waals surface area contributed by atoms with Crippen molar-refractivity contribution in [1.82, 2.24) is 4.90 Å². The summed E-state index contributed by atoms with van der Waals surface area (Å²) in [5.41, 5.74) is -0.338. The predicted molar refractivity (Wildman–Crippen MR) is 78.5 cm³/mol. The summed E-state index contributed by atoms with van der Waals surface area (Å²) in [5, 5.41) is 20.3. The van der Waals surface area contributed by atoms with E-state index in [1.807, 2.05) is 0 Å². The van der Waals surface area contributed by atoms with Crippen LogP contribution >= 0.6 is 11.6 Å². The lowest BCUT2D eigenvalue weighted by Gasteiger charge is -2.35. The first-order valence-electron chi connectivity index (χ1n) is 6.91. The number of carbonyl (C=O) groups excluding carboxylic acids is 1. The number of rotatable bonds is 4. The highest BCUT2D eigenvalue weighted by Crippen LogP contribution is 2.30. The number of aliphatic hydroxyl groups excluding tert-OH is 1. The molecule has 0 aromatic heterocycles. The number of hydrogen-bond donors (Lipinski definition) is 1. The van der Waals surface area contributed by atoms with E-state index in [2.05, 4.69) is 0 Å². The summed E-state index contributed by atoms with van der Waals surface area (Å²) in [7, 11) is 0. The molecule has 2 rings (SSSR count). The smallest absolute Gasteiger partial charge is 0.283 e. The molecule has 1 fully saturated rings. The van der Waals surface area contributed by atoms with Gasteiger partial charge in [-0.3, -0.25) is 14.9 Å².